The third-order valence-corrected chi connectivity index (χ3v) is 2.70. The number of hydrogen-bond acceptors (Lipinski definition) is 4. The molecule has 104 valence electrons. The van der Waals surface area contributed by atoms with E-state index in [0.717, 1.165) is 16.9 Å². The van der Waals surface area contributed by atoms with E-state index in [0.29, 0.717) is 12.3 Å². The third-order valence-electron chi connectivity index (χ3n) is 2.70. The summed E-state index contributed by atoms with van der Waals surface area (Å²) in [5.74, 6) is 0.130. The van der Waals surface area contributed by atoms with Gasteiger partial charge in [0.15, 0.2) is 6.61 Å². The van der Waals surface area contributed by atoms with Crippen LogP contribution in [0.1, 0.15) is 11.3 Å². The number of hydrogen-bond donors (Lipinski definition) is 2. The van der Waals surface area contributed by atoms with Crippen molar-refractivity contribution in [1.82, 2.24) is 4.98 Å². The minimum absolute atomic E-state index is 0.109. The molecule has 1 amide bonds. The van der Waals surface area contributed by atoms with Gasteiger partial charge in [0, 0.05) is 24.1 Å². The van der Waals surface area contributed by atoms with E-state index in [4.69, 9.17) is 10.5 Å². The Morgan fingerprint density at radius 3 is 2.60 bits per heavy atom. The predicted molar refractivity (Wildman–Crippen MR) is 77.4 cm³/mol. The summed E-state index contributed by atoms with van der Waals surface area (Å²) in [6.07, 6.45) is 1.85. The smallest absolute Gasteiger partial charge is 0.255 e. The molecule has 0 aliphatic carbocycles. The second-order valence-corrected chi connectivity index (χ2v) is 4.44. The summed E-state index contributed by atoms with van der Waals surface area (Å²) < 4.78 is 5.19. The summed E-state index contributed by atoms with van der Waals surface area (Å²) >= 11 is 0. The van der Waals surface area contributed by atoms with Crippen molar-refractivity contribution in [3.05, 3.63) is 53.9 Å². The van der Waals surface area contributed by atoms with Gasteiger partial charge in [-0.05, 0) is 42.8 Å². The molecule has 0 aliphatic heterocycles. The molecule has 0 saturated carbocycles. The zero-order chi connectivity index (χ0) is 14.4. The Labute approximate surface area is 117 Å². The number of primary amides is 1. The Balaban J connectivity index is 1.87. The summed E-state index contributed by atoms with van der Waals surface area (Å²) in [6.45, 7) is 2.55. The minimum Gasteiger partial charge on any atom is -0.484 e. The van der Waals surface area contributed by atoms with E-state index in [9.17, 15) is 4.79 Å². The number of nitrogens with zero attached hydrogens (tertiary/aromatic N) is 1. The van der Waals surface area contributed by atoms with Gasteiger partial charge < -0.3 is 15.8 Å². The van der Waals surface area contributed by atoms with Gasteiger partial charge in [0.2, 0.25) is 0 Å². The van der Waals surface area contributed by atoms with Crippen LogP contribution in [0.2, 0.25) is 0 Å². The maximum Gasteiger partial charge on any atom is 0.255 e. The van der Waals surface area contributed by atoms with Crippen LogP contribution in [0.3, 0.4) is 0 Å². The molecule has 0 radical (unpaired) electrons. The lowest BCUT2D eigenvalue weighted by atomic mass is 10.2. The fourth-order valence-electron chi connectivity index (χ4n) is 1.63. The summed E-state index contributed by atoms with van der Waals surface area (Å²) in [5.41, 5.74) is 8.10. The number of carbonyl (C=O) groups is 1. The van der Waals surface area contributed by atoms with E-state index < -0.39 is 5.91 Å². The normalized spacial score (nSPS) is 10.1. The van der Waals surface area contributed by atoms with E-state index in [1.165, 1.54) is 0 Å². The Bertz CT molecular complexity index is 565. The first-order chi connectivity index (χ1) is 9.63. The molecule has 0 atom stereocenters. The van der Waals surface area contributed by atoms with Crippen molar-refractivity contribution in [2.24, 2.45) is 5.73 Å². The van der Waals surface area contributed by atoms with Crippen LogP contribution in [-0.2, 0) is 11.3 Å². The molecule has 2 aromatic rings. The Morgan fingerprint density at radius 1 is 1.25 bits per heavy atom. The highest BCUT2D eigenvalue weighted by Gasteiger charge is 1.99. The van der Waals surface area contributed by atoms with Gasteiger partial charge in [-0.2, -0.15) is 0 Å². The number of nitrogens with two attached hydrogens (primary N) is 1. The highest BCUT2D eigenvalue weighted by molar-refractivity contribution is 5.75. The van der Waals surface area contributed by atoms with Gasteiger partial charge >= 0.3 is 0 Å². The van der Waals surface area contributed by atoms with Crippen molar-refractivity contribution in [3.63, 3.8) is 0 Å². The van der Waals surface area contributed by atoms with Crippen LogP contribution in [0.25, 0.3) is 0 Å². The van der Waals surface area contributed by atoms with Crippen molar-refractivity contribution in [1.29, 1.82) is 0 Å². The molecule has 5 nitrogen and oxygen atoms in total. The van der Waals surface area contributed by atoms with Gasteiger partial charge in [-0.25, -0.2) is 0 Å². The average molecular weight is 271 g/mol. The average Bonchev–Trinajstić information content (AvgIpc) is 2.45. The SMILES string of the molecule is Cc1ccc(CNc2ccc(OCC(N)=O)cc2)cn1. The number of anilines is 1. The summed E-state index contributed by atoms with van der Waals surface area (Å²) in [7, 11) is 0. The number of nitrogens with one attached hydrogen (secondary N) is 1. The van der Waals surface area contributed by atoms with Gasteiger partial charge in [-0.1, -0.05) is 6.07 Å². The maximum atomic E-state index is 10.6. The molecule has 0 saturated heterocycles. The van der Waals surface area contributed by atoms with Crippen molar-refractivity contribution < 1.29 is 9.53 Å². The van der Waals surface area contributed by atoms with Crippen molar-refractivity contribution in [2.75, 3.05) is 11.9 Å². The third kappa shape index (κ3) is 4.28. The summed E-state index contributed by atoms with van der Waals surface area (Å²) in [4.78, 5) is 14.8. The standard InChI is InChI=1S/C15H17N3O2/c1-11-2-3-12(8-17-11)9-18-13-4-6-14(7-5-13)20-10-15(16)19/h2-8,18H,9-10H2,1H3,(H2,16,19). The van der Waals surface area contributed by atoms with E-state index in [2.05, 4.69) is 10.3 Å². The highest BCUT2D eigenvalue weighted by Crippen LogP contribution is 2.16. The van der Waals surface area contributed by atoms with E-state index >= 15 is 0 Å². The van der Waals surface area contributed by atoms with E-state index in [-0.39, 0.29) is 6.61 Å². The minimum atomic E-state index is -0.487. The van der Waals surface area contributed by atoms with E-state index in [1.54, 1.807) is 12.1 Å². The second-order valence-electron chi connectivity index (χ2n) is 4.44. The molecular formula is C15H17N3O2. The Morgan fingerprint density at radius 2 is 2.00 bits per heavy atom. The molecule has 2 rings (SSSR count). The van der Waals surface area contributed by atoms with Crippen LogP contribution < -0.4 is 15.8 Å². The first-order valence-corrected chi connectivity index (χ1v) is 6.30. The molecule has 1 heterocycles. The zero-order valence-electron chi connectivity index (χ0n) is 11.3. The van der Waals surface area contributed by atoms with Gasteiger partial charge in [-0.3, -0.25) is 9.78 Å². The number of aryl methyl sites for hydroxylation is 1. The van der Waals surface area contributed by atoms with Crippen molar-refractivity contribution in [2.45, 2.75) is 13.5 Å². The molecule has 5 heteroatoms. The van der Waals surface area contributed by atoms with Gasteiger partial charge in [0.25, 0.3) is 5.91 Å². The number of benzene rings is 1. The molecule has 20 heavy (non-hydrogen) atoms. The lowest BCUT2D eigenvalue weighted by Crippen LogP contribution is -2.19. The first kappa shape index (κ1) is 13.9. The molecule has 0 spiro atoms. The predicted octanol–water partition coefficient (Wildman–Crippen LogP) is 1.87. The molecule has 3 N–H and O–H groups in total. The fourth-order valence-corrected chi connectivity index (χ4v) is 1.63. The number of aromatic nitrogens is 1. The summed E-state index contributed by atoms with van der Waals surface area (Å²) in [5, 5.41) is 3.29. The molecule has 0 unspecified atom stereocenters. The van der Waals surface area contributed by atoms with Crippen molar-refractivity contribution >= 4 is 11.6 Å². The number of rotatable bonds is 6. The summed E-state index contributed by atoms with van der Waals surface area (Å²) in [6, 6.07) is 11.4. The molecule has 1 aromatic heterocycles. The second kappa shape index (κ2) is 6.56. The van der Waals surface area contributed by atoms with Crippen LogP contribution >= 0.6 is 0 Å². The molecule has 0 bridgehead atoms. The first-order valence-electron chi connectivity index (χ1n) is 6.30. The quantitative estimate of drug-likeness (QED) is 0.840. The fraction of sp³-hybridized carbons (Fsp3) is 0.200. The van der Waals surface area contributed by atoms with Gasteiger partial charge in [-0.15, -0.1) is 0 Å². The van der Waals surface area contributed by atoms with Crippen LogP contribution in [0, 0.1) is 6.92 Å². The monoisotopic (exact) mass is 271 g/mol. The van der Waals surface area contributed by atoms with Crippen LogP contribution in [0.5, 0.6) is 5.75 Å². The highest BCUT2D eigenvalue weighted by atomic mass is 16.5. The Hall–Kier alpha value is -2.56. The van der Waals surface area contributed by atoms with Crippen LogP contribution in [0.4, 0.5) is 5.69 Å². The number of carbonyl (C=O) groups excluding carboxylic acids is 1. The lowest BCUT2D eigenvalue weighted by Gasteiger charge is -2.08. The number of amides is 1. The van der Waals surface area contributed by atoms with Gasteiger partial charge in [0.05, 0.1) is 0 Å². The van der Waals surface area contributed by atoms with Crippen LogP contribution in [0.15, 0.2) is 42.6 Å². The number of ether oxygens (including phenoxy) is 1. The maximum absolute atomic E-state index is 10.6. The molecule has 0 aliphatic rings. The Kier molecular flexibility index (Phi) is 4.55. The van der Waals surface area contributed by atoms with Crippen LogP contribution in [-0.4, -0.2) is 17.5 Å². The largest absolute Gasteiger partial charge is 0.484 e. The zero-order valence-corrected chi connectivity index (χ0v) is 11.3. The number of pyridine rings is 1. The molecule has 0 fully saturated rings. The topological polar surface area (TPSA) is 77.2 Å². The van der Waals surface area contributed by atoms with Gasteiger partial charge in [0.1, 0.15) is 5.75 Å². The van der Waals surface area contributed by atoms with Crippen molar-refractivity contribution in [3.8, 4) is 5.75 Å². The lowest BCUT2D eigenvalue weighted by molar-refractivity contribution is -0.119. The van der Waals surface area contributed by atoms with E-state index in [1.807, 2.05) is 37.4 Å². The molecule has 1 aromatic carbocycles. The molecular weight excluding hydrogens is 254 g/mol.